The van der Waals surface area contributed by atoms with Gasteiger partial charge in [0, 0.05) is 45.8 Å². The lowest BCUT2D eigenvalue weighted by atomic mass is 9.97. The van der Waals surface area contributed by atoms with Crippen molar-refractivity contribution >= 4 is 29.5 Å². The summed E-state index contributed by atoms with van der Waals surface area (Å²) in [7, 11) is 1.33. The Morgan fingerprint density at radius 3 is 2.71 bits per heavy atom. The molecule has 14 nitrogen and oxygen atoms in total. The van der Waals surface area contributed by atoms with Crippen molar-refractivity contribution in [2.45, 2.75) is 12.8 Å². The molecule has 0 unspecified atom stereocenters. The van der Waals surface area contributed by atoms with Gasteiger partial charge >= 0.3 is 5.97 Å². The number of anilines is 3. The molecule has 14 heteroatoms. The molecule has 2 fully saturated rings. The molecule has 2 aliphatic heterocycles. The first-order valence-electron chi connectivity index (χ1n) is 12.6. The molecule has 2 N–H and O–H groups in total. The van der Waals surface area contributed by atoms with E-state index in [1.54, 1.807) is 24.6 Å². The lowest BCUT2D eigenvalue weighted by molar-refractivity contribution is 0.0593. The normalized spacial score (nSPS) is 18.7. The third-order valence-electron chi connectivity index (χ3n) is 7.01. The van der Waals surface area contributed by atoms with Crippen LogP contribution < -0.4 is 15.5 Å². The zero-order valence-electron chi connectivity index (χ0n) is 21.1. The first-order valence-corrected chi connectivity index (χ1v) is 12.6. The molecular weight excluding hydrogens is 490 g/mol. The summed E-state index contributed by atoms with van der Waals surface area (Å²) in [6.45, 7) is 6.30. The maximum Gasteiger partial charge on any atom is 0.358 e. The minimum atomic E-state index is -0.483. The molecule has 198 valence electrons. The Balaban J connectivity index is 1.07. The lowest BCUT2D eigenvalue weighted by Crippen LogP contribution is -2.50. The Morgan fingerprint density at radius 1 is 1.11 bits per heavy atom. The molecule has 0 aliphatic carbocycles. The number of fused-ring (bicyclic) bond motifs is 1. The van der Waals surface area contributed by atoms with Crippen LogP contribution in [0.4, 0.5) is 17.7 Å². The van der Waals surface area contributed by atoms with E-state index in [9.17, 15) is 4.79 Å². The van der Waals surface area contributed by atoms with E-state index >= 15 is 0 Å². The zero-order chi connectivity index (χ0) is 26.1. The largest absolute Gasteiger partial charge is 0.464 e. The number of hydrogen-bond donors (Lipinski definition) is 1. The van der Waals surface area contributed by atoms with Gasteiger partial charge in [-0.05, 0) is 30.9 Å². The van der Waals surface area contributed by atoms with Crippen molar-refractivity contribution in [1.82, 2.24) is 39.4 Å². The summed E-state index contributed by atoms with van der Waals surface area (Å²) in [6.07, 6.45) is 6.89. The molecule has 0 saturated carbocycles. The Kier molecular flexibility index (Phi) is 6.45. The van der Waals surface area contributed by atoms with Crippen molar-refractivity contribution < 1.29 is 13.9 Å². The van der Waals surface area contributed by atoms with Crippen LogP contribution in [0.1, 0.15) is 23.3 Å². The van der Waals surface area contributed by atoms with Gasteiger partial charge < -0.3 is 24.7 Å². The predicted molar refractivity (Wildman–Crippen MR) is 138 cm³/mol. The fourth-order valence-electron chi connectivity index (χ4n) is 5.06. The molecule has 2 aliphatic rings. The first-order chi connectivity index (χ1) is 18.6. The van der Waals surface area contributed by atoms with Crippen LogP contribution in [0.15, 0.2) is 35.2 Å². The van der Waals surface area contributed by atoms with Gasteiger partial charge in [0.1, 0.15) is 5.82 Å². The number of aromatic nitrogens is 7. The number of nitrogens with zero attached hydrogens (tertiary/aromatic N) is 10. The SMILES string of the molecule is COC(=O)c1cnc(N2CCN(C[C@@H]3CCCN(c4nc(N)n5nc(-c6ccco6)nc5n4)C3)CC2)cn1. The Labute approximate surface area is 218 Å². The van der Waals surface area contributed by atoms with Crippen molar-refractivity contribution in [1.29, 1.82) is 0 Å². The predicted octanol–water partition coefficient (Wildman–Crippen LogP) is 0.977. The number of nitrogens with two attached hydrogens (primary N) is 1. The third kappa shape index (κ3) is 4.81. The van der Waals surface area contributed by atoms with Crippen LogP contribution in [0.5, 0.6) is 0 Å². The standard InChI is InChI=1S/C24H29N11O3/c1-37-21(36)17-12-27-19(13-26-17)33-9-7-32(8-10-33)14-16-4-2-6-34(15-16)23-29-22(25)35-24(30-23)28-20(31-35)18-5-3-11-38-18/h3,5,11-13,16H,2,4,6-10,14-15H2,1H3,(H2,25,28,29,30,31)/t16-/m0/s1. The molecule has 0 bridgehead atoms. The van der Waals surface area contributed by atoms with Gasteiger partial charge in [-0.25, -0.2) is 14.8 Å². The fraction of sp³-hybridized carbons (Fsp3) is 0.458. The summed E-state index contributed by atoms with van der Waals surface area (Å²) in [4.78, 5) is 40.7. The van der Waals surface area contributed by atoms with Gasteiger partial charge in [0.25, 0.3) is 5.78 Å². The van der Waals surface area contributed by atoms with Crippen LogP contribution in [-0.2, 0) is 4.74 Å². The second-order valence-corrected chi connectivity index (χ2v) is 9.50. The summed E-state index contributed by atoms with van der Waals surface area (Å²) in [5, 5.41) is 4.38. The number of carbonyl (C=O) groups is 1. The van der Waals surface area contributed by atoms with Gasteiger partial charge in [0.05, 0.1) is 25.8 Å². The fourth-order valence-corrected chi connectivity index (χ4v) is 5.06. The smallest absolute Gasteiger partial charge is 0.358 e. The van der Waals surface area contributed by atoms with E-state index in [-0.39, 0.29) is 11.6 Å². The molecule has 38 heavy (non-hydrogen) atoms. The van der Waals surface area contributed by atoms with Crippen molar-refractivity contribution in [3.05, 3.63) is 36.5 Å². The van der Waals surface area contributed by atoms with E-state index in [0.29, 0.717) is 29.2 Å². The average Bonchev–Trinajstić information content (AvgIpc) is 3.64. The molecule has 0 radical (unpaired) electrons. The van der Waals surface area contributed by atoms with Crippen molar-refractivity contribution in [2.24, 2.45) is 5.92 Å². The molecule has 0 aromatic carbocycles. The molecule has 2 saturated heterocycles. The highest BCUT2D eigenvalue weighted by Crippen LogP contribution is 2.24. The number of furan rings is 1. The number of ether oxygens (including phenoxy) is 1. The third-order valence-corrected chi connectivity index (χ3v) is 7.01. The van der Waals surface area contributed by atoms with Gasteiger partial charge in [-0.2, -0.15) is 19.5 Å². The summed E-state index contributed by atoms with van der Waals surface area (Å²) in [6, 6.07) is 3.58. The number of methoxy groups -OCH3 is 1. The average molecular weight is 520 g/mol. The maximum absolute atomic E-state index is 11.6. The number of carbonyl (C=O) groups excluding carboxylic acids is 1. The number of piperazine rings is 1. The van der Waals surface area contributed by atoms with Gasteiger partial charge in [-0.15, -0.1) is 5.10 Å². The monoisotopic (exact) mass is 519 g/mol. The topological polar surface area (TPSA) is 157 Å². The van der Waals surface area contributed by atoms with Crippen LogP contribution in [-0.4, -0.2) is 98.3 Å². The molecule has 4 aromatic rings. The molecule has 6 heterocycles. The van der Waals surface area contributed by atoms with Crippen molar-refractivity contribution in [2.75, 3.05) is 68.5 Å². The van der Waals surface area contributed by atoms with Gasteiger partial charge in [0.2, 0.25) is 17.7 Å². The van der Waals surface area contributed by atoms with E-state index in [0.717, 1.165) is 64.5 Å². The minimum absolute atomic E-state index is 0.212. The summed E-state index contributed by atoms with van der Waals surface area (Å²) < 4.78 is 11.5. The van der Waals surface area contributed by atoms with E-state index in [2.05, 4.69) is 44.7 Å². The summed E-state index contributed by atoms with van der Waals surface area (Å²) >= 11 is 0. The summed E-state index contributed by atoms with van der Waals surface area (Å²) in [5.74, 6) is 2.99. The van der Waals surface area contributed by atoms with Crippen LogP contribution in [0, 0.1) is 5.92 Å². The summed E-state index contributed by atoms with van der Waals surface area (Å²) in [5.41, 5.74) is 6.42. The zero-order valence-corrected chi connectivity index (χ0v) is 21.1. The second kappa shape index (κ2) is 10.2. The van der Waals surface area contributed by atoms with Crippen LogP contribution in [0.25, 0.3) is 17.4 Å². The van der Waals surface area contributed by atoms with Crippen LogP contribution >= 0.6 is 0 Å². The van der Waals surface area contributed by atoms with E-state index < -0.39 is 5.97 Å². The van der Waals surface area contributed by atoms with Gasteiger partial charge in [0.15, 0.2) is 11.5 Å². The molecule has 6 rings (SSSR count). The number of piperidine rings is 1. The highest BCUT2D eigenvalue weighted by Gasteiger charge is 2.27. The Hall–Kier alpha value is -4.33. The molecule has 1 atom stereocenters. The number of rotatable bonds is 6. The van der Waals surface area contributed by atoms with E-state index in [1.165, 1.54) is 17.8 Å². The number of hydrogen-bond acceptors (Lipinski definition) is 13. The van der Waals surface area contributed by atoms with Crippen LogP contribution in [0.2, 0.25) is 0 Å². The van der Waals surface area contributed by atoms with E-state index in [4.69, 9.17) is 14.9 Å². The lowest BCUT2D eigenvalue weighted by Gasteiger charge is -2.39. The molecule has 0 amide bonds. The van der Waals surface area contributed by atoms with Crippen LogP contribution in [0.3, 0.4) is 0 Å². The highest BCUT2D eigenvalue weighted by molar-refractivity contribution is 5.86. The van der Waals surface area contributed by atoms with Crippen molar-refractivity contribution in [3.63, 3.8) is 0 Å². The maximum atomic E-state index is 11.6. The molecule has 4 aromatic heterocycles. The quantitative estimate of drug-likeness (QED) is 0.360. The first kappa shape index (κ1) is 24.0. The second-order valence-electron chi connectivity index (χ2n) is 9.50. The Bertz CT molecular complexity index is 1400. The molecular formula is C24H29N11O3. The minimum Gasteiger partial charge on any atom is -0.464 e. The van der Waals surface area contributed by atoms with Gasteiger partial charge in [-0.1, -0.05) is 0 Å². The number of esters is 1. The molecule has 0 spiro atoms. The van der Waals surface area contributed by atoms with Gasteiger partial charge in [-0.3, -0.25) is 4.90 Å². The highest BCUT2D eigenvalue weighted by atomic mass is 16.5. The van der Waals surface area contributed by atoms with Crippen molar-refractivity contribution in [3.8, 4) is 11.6 Å². The van der Waals surface area contributed by atoms with E-state index in [1.807, 2.05) is 0 Å². The number of nitrogen functional groups attached to an aromatic ring is 1. The Morgan fingerprint density at radius 2 is 1.97 bits per heavy atom.